The van der Waals surface area contributed by atoms with E-state index in [1.807, 2.05) is 60.9 Å². The Balaban J connectivity index is 1.98. The minimum Gasteiger partial charge on any atom is -0.368 e. The lowest BCUT2D eigenvalue weighted by Crippen LogP contribution is -2.37. The second kappa shape index (κ2) is 7.39. The maximum Gasteiger partial charge on any atom is 0.223 e. The average Bonchev–Trinajstić information content (AvgIpc) is 3.21. The summed E-state index contributed by atoms with van der Waals surface area (Å²) in [5, 5.41) is 0. The summed E-state index contributed by atoms with van der Waals surface area (Å²) in [6, 6.07) is 31.1. The molecule has 0 amide bonds. The molecule has 6 heteroatoms. The van der Waals surface area contributed by atoms with E-state index in [0.29, 0.717) is 15.8 Å². The van der Waals surface area contributed by atoms with Gasteiger partial charge in [0, 0.05) is 0 Å². The van der Waals surface area contributed by atoms with Crippen molar-refractivity contribution in [2.45, 2.75) is 5.54 Å². The van der Waals surface area contributed by atoms with Crippen LogP contribution in [0.2, 0.25) is 0 Å². The highest BCUT2D eigenvalue weighted by Gasteiger charge is 2.40. The highest BCUT2D eigenvalue weighted by atomic mass is 79.9. The van der Waals surface area contributed by atoms with Gasteiger partial charge in [0.05, 0.1) is 6.33 Å². The van der Waals surface area contributed by atoms with Gasteiger partial charge >= 0.3 is 0 Å². The summed E-state index contributed by atoms with van der Waals surface area (Å²) in [6.45, 7) is 0. The molecule has 0 fully saturated rings. The van der Waals surface area contributed by atoms with Gasteiger partial charge in [-0.25, -0.2) is 9.97 Å². The fourth-order valence-corrected chi connectivity index (χ4v) is 4.54. The summed E-state index contributed by atoms with van der Waals surface area (Å²) < 4.78 is 2.66. The van der Waals surface area contributed by atoms with Crippen LogP contribution in [0.3, 0.4) is 0 Å². The Morgan fingerprint density at radius 2 is 1.17 bits per heavy atom. The first-order valence-electron chi connectivity index (χ1n) is 9.54. The highest BCUT2D eigenvalue weighted by molar-refractivity contribution is 9.10. The summed E-state index contributed by atoms with van der Waals surface area (Å²) >= 11 is 3.49. The SMILES string of the molecule is Nc1nc(Br)c2ncn(C(c3ccccc3)(c3ccccc3)c3ccccc3)c2n1. The van der Waals surface area contributed by atoms with E-state index >= 15 is 0 Å². The van der Waals surface area contributed by atoms with Crippen molar-refractivity contribution in [1.82, 2.24) is 19.5 Å². The number of anilines is 1. The third kappa shape index (κ3) is 2.80. The molecule has 0 saturated carbocycles. The highest BCUT2D eigenvalue weighted by Crippen LogP contribution is 2.42. The van der Waals surface area contributed by atoms with Crippen molar-refractivity contribution in [2.75, 3.05) is 5.73 Å². The van der Waals surface area contributed by atoms with Crippen LogP contribution < -0.4 is 5.73 Å². The van der Waals surface area contributed by atoms with Crippen molar-refractivity contribution < 1.29 is 0 Å². The maximum atomic E-state index is 6.02. The zero-order chi connectivity index (χ0) is 20.6. The van der Waals surface area contributed by atoms with Crippen LogP contribution in [0.5, 0.6) is 0 Å². The van der Waals surface area contributed by atoms with E-state index in [1.54, 1.807) is 0 Å². The third-order valence-corrected chi connectivity index (χ3v) is 5.86. The second-order valence-corrected chi connectivity index (χ2v) is 7.72. The number of halogens is 1. The first-order valence-corrected chi connectivity index (χ1v) is 10.3. The van der Waals surface area contributed by atoms with Gasteiger partial charge in [0.1, 0.15) is 15.7 Å². The van der Waals surface area contributed by atoms with E-state index in [2.05, 4.69) is 71.8 Å². The monoisotopic (exact) mass is 455 g/mol. The Kier molecular flexibility index (Phi) is 4.56. The van der Waals surface area contributed by atoms with Crippen LogP contribution in [0.4, 0.5) is 5.95 Å². The number of nitrogens with two attached hydrogens (primary N) is 1. The summed E-state index contributed by atoms with van der Waals surface area (Å²) in [7, 11) is 0. The predicted octanol–water partition coefficient (Wildman–Crippen LogP) is 5.01. The smallest absolute Gasteiger partial charge is 0.223 e. The number of nitrogens with zero attached hydrogens (tertiary/aromatic N) is 4. The largest absolute Gasteiger partial charge is 0.368 e. The molecule has 0 bridgehead atoms. The fourth-order valence-electron chi connectivity index (χ4n) is 4.08. The van der Waals surface area contributed by atoms with Gasteiger partial charge in [-0.2, -0.15) is 4.98 Å². The van der Waals surface area contributed by atoms with Crippen molar-refractivity contribution in [2.24, 2.45) is 0 Å². The molecule has 5 aromatic rings. The molecular weight excluding hydrogens is 438 g/mol. The molecule has 2 aromatic heterocycles. The Labute approximate surface area is 182 Å². The van der Waals surface area contributed by atoms with Gasteiger partial charge in [-0.15, -0.1) is 0 Å². The molecule has 0 radical (unpaired) electrons. The first-order chi connectivity index (χ1) is 14.7. The fraction of sp³-hybridized carbons (Fsp3) is 0.0417. The van der Waals surface area contributed by atoms with E-state index in [1.165, 1.54) is 0 Å². The molecule has 30 heavy (non-hydrogen) atoms. The number of benzene rings is 3. The maximum absolute atomic E-state index is 6.02. The minimum atomic E-state index is -0.696. The summed E-state index contributed by atoms with van der Waals surface area (Å²) in [6.07, 6.45) is 1.82. The van der Waals surface area contributed by atoms with Gasteiger partial charge < -0.3 is 5.73 Å². The quantitative estimate of drug-likeness (QED) is 0.305. The molecular formula is C24H18BrN5. The van der Waals surface area contributed by atoms with E-state index < -0.39 is 5.54 Å². The van der Waals surface area contributed by atoms with Gasteiger partial charge in [0.25, 0.3) is 0 Å². The number of aromatic nitrogens is 4. The van der Waals surface area contributed by atoms with Crippen LogP contribution in [0.25, 0.3) is 11.2 Å². The van der Waals surface area contributed by atoms with Gasteiger partial charge in [-0.3, -0.25) is 4.57 Å². The molecule has 0 unspecified atom stereocenters. The Bertz CT molecular complexity index is 1200. The van der Waals surface area contributed by atoms with Crippen molar-refractivity contribution >= 4 is 33.0 Å². The van der Waals surface area contributed by atoms with Crippen LogP contribution in [-0.4, -0.2) is 19.5 Å². The number of nitrogen functional groups attached to an aromatic ring is 1. The van der Waals surface area contributed by atoms with Gasteiger partial charge in [-0.1, -0.05) is 91.0 Å². The van der Waals surface area contributed by atoms with Gasteiger partial charge in [-0.05, 0) is 32.6 Å². The first kappa shape index (κ1) is 18.5. The molecule has 0 spiro atoms. The standard InChI is InChI=1S/C24H18BrN5/c25-21-20-22(29-23(26)28-21)30(16-27-20)24(17-10-4-1-5-11-17,18-12-6-2-7-13-18)19-14-8-3-9-15-19/h1-16H,(H2,26,28,29). The Morgan fingerprint density at radius 1 is 0.700 bits per heavy atom. The summed E-state index contributed by atoms with van der Waals surface area (Å²) in [5.74, 6) is 0.194. The third-order valence-electron chi connectivity index (χ3n) is 5.31. The number of rotatable bonds is 4. The molecule has 0 aliphatic carbocycles. The molecule has 0 saturated heterocycles. The topological polar surface area (TPSA) is 69.6 Å². The lowest BCUT2D eigenvalue weighted by Gasteiger charge is -2.37. The van der Waals surface area contributed by atoms with E-state index in [4.69, 9.17) is 5.73 Å². The number of hydrogen-bond donors (Lipinski definition) is 1. The second-order valence-electron chi connectivity index (χ2n) is 6.97. The van der Waals surface area contributed by atoms with Gasteiger partial charge in [0.15, 0.2) is 5.65 Å². The molecule has 0 aliphatic rings. The lowest BCUT2D eigenvalue weighted by molar-refractivity contribution is 0.526. The zero-order valence-corrected chi connectivity index (χ0v) is 17.6. The number of imidazole rings is 1. The molecule has 146 valence electrons. The molecule has 0 atom stereocenters. The lowest BCUT2D eigenvalue weighted by atomic mass is 9.76. The summed E-state index contributed by atoms with van der Waals surface area (Å²) in [4.78, 5) is 13.4. The number of fused-ring (bicyclic) bond motifs is 1. The van der Waals surface area contributed by atoms with Crippen LogP contribution in [-0.2, 0) is 5.54 Å². The molecule has 3 aromatic carbocycles. The van der Waals surface area contributed by atoms with Crippen LogP contribution >= 0.6 is 15.9 Å². The Morgan fingerprint density at radius 3 is 1.63 bits per heavy atom. The van der Waals surface area contributed by atoms with Crippen LogP contribution in [0.1, 0.15) is 16.7 Å². The predicted molar refractivity (Wildman–Crippen MR) is 122 cm³/mol. The van der Waals surface area contributed by atoms with E-state index in [9.17, 15) is 0 Å². The van der Waals surface area contributed by atoms with Gasteiger partial charge in [0.2, 0.25) is 5.95 Å². The molecule has 5 nitrogen and oxygen atoms in total. The van der Waals surface area contributed by atoms with Crippen molar-refractivity contribution in [3.05, 3.63) is 119 Å². The summed E-state index contributed by atoms with van der Waals surface area (Å²) in [5.41, 5.74) is 9.92. The zero-order valence-electron chi connectivity index (χ0n) is 16.0. The molecule has 2 heterocycles. The minimum absolute atomic E-state index is 0.194. The Hall–Kier alpha value is -3.51. The molecule has 2 N–H and O–H groups in total. The van der Waals surface area contributed by atoms with Crippen LogP contribution in [0, 0.1) is 0 Å². The van der Waals surface area contributed by atoms with Crippen molar-refractivity contribution in [3.8, 4) is 0 Å². The normalized spacial score (nSPS) is 11.6. The molecule has 5 rings (SSSR count). The van der Waals surface area contributed by atoms with Crippen molar-refractivity contribution in [1.29, 1.82) is 0 Å². The van der Waals surface area contributed by atoms with E-state index in [0.717, 1.165) is 16.7 Å². The van der Waals surface area contributed by atoms with Crippen molar-refractivity contribution in [3.63, 3.8) is 0 Å². The number of hydrogen-bond acceptors (Lipinski definition) is 4. The van der Waals surface area contributed by atoms with Crippen LogP contribution in [0.15, 0.2) is 102 Å². The molecule has 0 aliphatic heterocycles. The average molecular weight is 456 g/mol. The van der Waals surface area contributed by atoms with E-state index in [-0.39, 0.29) is 5.95 Å².